The molecule has 1 heterocycles. The van der Waals surface area contributed by atoms with Gasteiger partial charge in [-0.05, 0) is 62.2 Å². The van der Waals surface area contributed by atoms with Crippen molar-refractivity contribution in [1.29, 1.82) is 0 Å². The molecule has 0 spiro atoms. The summed E-state index contributed by atoms with van der Waals surface area (Å²) in [7, 11) is 0. The van der Waals surface area contributed by atoms with Crippen molar-refractivity contribution in [2.75, 3.05) is 16.8 Å². The van der Waals surface area contributed by atoms with E-state index in [2.05, 4.69) is 5.32 Å². The van der Waals surface area contributed by atoms with Crippen molar-refractivity contribution in [2.45, 2.75) is 33.3 Å². The first kappa shape index (κ1) is 20.5. The van der Waals surface area contributed by atoms with Gasteiger partial charge in [-0.15, -0.1) is 0 Å². The highest BCUT2D eigenvalue weighted by molar-refractivity contribution is 6.01. The molecule has 6 nitrogen and oxygen atoms in total. The Bertz CT molecular complexity index is 942. The molecule has 1 saturated heterocycles. The summed E-state index contributed by atoms with van der Waals surface area (Å²) in [6, 6.07) is 11.0. The Morgan fingerprint density at radius 1 is 1.17 bits per heavy atom. The topological polar surface area (TPSA) is 75.7 Å². The predicted octanol–water partition coefficient (Wildman–Crippen LogP) is 3.37. The normalized spacial score (nSPS) is 17.2. The molecule has 152 valence electrons. The van der Waals surface area contributed by atoms with Gasteiger partial charge in [0.25, 0.3) is 5.91 Å². The molecule has 0 unspecified atom stereocenters. The molecule has 1 aliphatic rings. The van der Waals surface area contributed by atoms with E-state index in [0.29, 0.717) is 5.69 Å². The zero-order valence-electron chi connectivity index (χ0n) is 16.6. The van der Waals surface area contributed by atoms with Crippen LogP contribution in [0, 0.1) is 25.6 Å². The molecule has 2 amide bonds. The van der Waals surface area contributed by atoms with Gasteiger partial charge in [0.1, 0.15) is 5.82 Å². The molecular formula is C22H23FN2O4. The number of carbonyl (C=O) groups is 3. The third-order valence-electron chi connectivity index (χ3n) is 5.10. The highest BCUT2D eigenvalue weighted by Gasteiger charge is 2.37. The lowest BCUT2D eigenvalue weighted by Crippen LogP contribution is -2.33. The summed E-state index contributed by atoms with van der Waals surface area (Å²) in [6.07, 6.45) is -1.00. The van der Waals surface area contributed by atoms with Crippen molar-refractivity contribution in [2.24, 2.45) is 5.92 Å². The number of halogens is 1. The summed E-state index contributed by atoms with van der Waals surface area (Å²) in [5.41, 5.74) is 3.23. The van der Waals surface area contributed by atoms with Crippen LogP contribution < -0.4 is 10.2 Å². The molecule has 1 aliphatic heterocycles. The van der Waals surface area contributed by atoms with E-state index in [9.17, 15) is 18.8 Å². The summed E-state index contributed by atoms with van der Waals surface area (Å²) in [5, 5.41) is 2.56. The van der Waals surface area contributed by atoms with Crippen molar-refractivity contribution in [3.63, 3.8) is 0 Å². The minimum Gasteiger partial charge on any atom is -0.452 e. The van der Waals surface area contributed by atoms with E-state index in [1.54, 1.807) is 4.90 Å². The monoisotopic (exact) mass is 398 g/mol. The smallest absolute Gasteiger partial charge is 0.312 e. The first-order valence-corrected chi connectivity index (χ1v) is 9.39. The Morgan fingerprint density at radius 2 is 1.86 bits per heavy atom. The van der Waals surface area contributed by atoms with E-state index >= 15 is 0 Å². The fourth-order valence-electron chi connectivity index (χ4n) is 3.23. The number of ether oxygens (including phenoxy) is 1. The average molecular weight is 398 g/mol. The maximum absolute atomic E-state index is 12.9. The lowest BCUT2D eigenvalue weighted by Gasteiger charge is -2.20. The second kappa shape index (κ2) is 8.43. The predicted molar refractivity (Wildman–Crippen MR) is 107 cm³/mol. The standard InChI is InChI=1S/C22H23FN2O4/c1-13-5-4-6-19(14(13)2)25-12-16(11-20(25)26)22(28)29-15(3)21(27)24-18-9-7-17(23)8-10-18/h4-10,15-16H,11-12H2,1-3H3,(H,24,27)/t15-,16+/m1/s1. The molecule has 1 N–H and O–H groups in total. The van der Waals surface area contributed by atoms with E-state index < -0.39 is 29.7 Å². The Balaban J connectivity index is 1.60. The van der Waals surface area contributed by atoms with Gasteiger partial charge in [-0.1, -0.05) is 12.1 Å². The van der Waals surface area contributed by atoms with Gasteiger partial charge in [0, 0.05) is 24.3 Å². The van der Waals surface area contributed by atoms with Crippen molar-refractivity contribution in [1.82, 2.24) is 0 Å². The van der Waals surface area contributed by atoms with E-state index in [0.717, 1.165) is 16.8 Å². The second-order valence-corrected chi connectivity index (χ2v) is 7.20. The van der Waals surface area contributed by atoms with Crippen LogP contribution in [-0.2, 0) is 19.1 Å². The van der Waals surface area contributed by atoms with Crippen molar-refractivity contribution in [3.05, 3.63) is 59.4 Å². The molecule has 0 bridgehead atoms. The molecule has 0 saturated carbocycles. The molecule has 1 fully saturated rings. The largest absolute Gasteiger partial charge is 0.452 e. The van der Waals surface area contributed by atoms with Crippen LogP contribution in [0.1, 0.15) is 24.5 Å². The number of aryl methyl sites for hydroxylation is 1. The molecule has 0 aliphatic carbocycles. The number of hydrogen-bond acceptors (Lipinski definition) is 4. The molecular weight excluding hydrogens is 375 g/mol. The van der Waals surface area contributed by atoms with Gasteiger partial charge in [-0.2, -0.15) is 0 Å². The molecule has 2 atom stereocenters. The minimum absolute atomic E-state index is 0.0402. The van der Waals surface area contributed by atoms with Crippen molar-refractivity contribution in [3.8, 4) is 0 Å². The van der Waals surface area contributed by atoms with Crippen LogP contribution in [0.4, 0.5) is 15.8 Å². The van der Waals surface area contributed by atoms with Gasteiger partial charge in [0.15, 0.2) is 6.10 Å². The van der Waals surface area contributed by atoms with Gasteiger partial charge < -0.3 is 15.0 Å². The van der Waals surface area contributed by atoms with Crippen LogP contribution in [0.3, 0.4) is 0 Å². The van der Waals surface area contributed by atoms with Crippen molar-refractivity contribution < 1.29 is 23.5 Å². The van der Waals surface area contributed by atoms with E-state index in [1.807, 2.05) is 32.0 Å². The number of carbonyl (C=O) groups excluding carboxylic acids is 3. The fraction of sp³-hybridized carbons (Fsp3) is 0.318. The Morgan fingerprint density at radius 3 is 2.55 bits per heavy atom. The lowest BCUT2D eigenvalue weighted by atomic mass is 10.1. The van der Waals surface area contributed by atoms with Gasteiger partial charge >= 0.3 is 5.97 Å². The van der Waals surface area contributed by atoms with Crippen LogP contribution in [0.5, 0.6) is 0 Å². The maximum atomic E-state index is 12.9. The molecule has 2 aromatic rings. The van der Waals surface area contributed by atoms with E-state index in [4.69, 9.17) is 4.74 Å². The summed E-state index contributed by atoms with van der Waals surface area (Å²) in [5.74, 6) is -2.32. The average Bonchev–Trinajstić information content (AvgIpc) is 3.07. The van der Waals surface area contributed by atoms with Crippen LogP contribution in [0.2, 0.25) is 0 Å². The molecule has 29 heavy (non-hydrogen) atoms. The van der Waals surface area contributed by atoms with Crippen LogP contribution >= 0.6 is 0 Å². The highest BCUT2D eigenvalue weighted by atomic mass is 19.1. The summed E-state index contributed by atoms with van der Waals surface area (Å²) in [6.45, 7) is 5.57. The highest BCUT2D eigenvalue weighted by Crippen LogP contribution is 2.30. The minimum atomic E-state index is -1.04. The SMILES string of the molecule is Cc1cccc(N2C[C@@H](C(=O)O[C@H](C)C(=O)Nc3ccc(F)cc3)CC2=O)c1C. The van der Waals surface area contributed by atoms with Crippen LogP contribution in [-0.4, -0.2) is 30.4 Å². The van der Waals surface area contributed by atoms with Gasteiger partial charge in [0.2, 0.25) is 5.91 Å². The number of rotatable bonds is 5. The first-order chi connectivity index (χ1) is 13.8. The Hall–Kier alpha value is -3.22. The van der Waals surface area contributed by atoms with Gasteiger partial charge in [0.05, 0.1) is 5.92 Å². The third-order valence-corrected chi connectivity index (χ3v) is 5.10. The number of benzene rings is 2. The summed E-state index contributed by atoms with van der Waals surface area (Å²) >= 11 is 0. The Kier molecular flexibility index (Phi) is 5.96. The van der Waals surface area contributed by atoms with Crippen LogP contribution in [0.25, 0.3) is 0 Å². The zero-order chi connectivity index (χ0) is 21.1. The molecule has 2 aromatic carbocycles. The molecule has 0 radical (unpaired) electrons. The summed E-state index contributed by atoms with van der Waals surface area (Å²) in [4.78, 5) is 38.8. The number of nitrogens with zero attached hydrogens (tertiary/aromatic N) is 1. The van der Waals surface area contributed by atoms with Gasteiger partial charge in [-0.3, -0.25) is 14.4 Å². The zero-order valence-corrected chi connectivity index (χ0v) is 16.6. The quantitative estimate of drug-likeness (QED) is 0.784. The van der Waals surface area contributed by atoms with Crippen molar-refractivity contribution >= 4 is 29.2 Å². The fourth-order valence-corrected chi connectivity index (χ4v) is 3.23. The number of anilines is 2. The Labute approximate surface area is 168 Å². The third kappa shape index (κ3) is 4.62. The number of esters is 1. The lowest BCUT2D eigenvalue weighted by molar-refractivity contribution is -0.157. The summed E-state index contributed by atoms with van der Waals surface area (Å²) < 4.78 is 18.2. The number of nitrogens with one attached hydrogen (secondary N) is 1. The van der Waals surface area contributed by atoms with E-state index in [-0.39, 0.29) is 18.9 Å². The van der Waals surface area contributed by atoms with Gasteiger partial charge in [-0.25, -0.2) is 4.39 Å². The second-order valence-electron chi connectivity index (χ2n) is 7.20. The molecule has 3 rings (SSSR count). The molecule has 7 heteroatoms. The maximum Gasteiger partial charge on any atom is 0.312 e. The van der Waals surface area contributed by atoms with E-state index in [1.165, 1.54) is 31.2 Å². The number of hydrogen-bond donors (Lipinski definition) is 1. The molecule has 0 aromatic heterocycles. The first-order valence-electron chi connectivity index (χ1n) is 9.39. The van der Waals surface area contributed by atoms with Crippen LogP contribution in [0.15, 0.2) is 42.5 Å². The number of amides is 2.